The zero-order chi connectivity index (χ0) is 18.7. The summed E-state index contributed by atoms with van der Waals surface area (Å²) in [7, 11) is 0. The van der Waals surface area contributed by atoms with Crippen LogP contribution in [0.1, 0.15) is 73.1 Å². The molecule has 3 N–H and O–H groups in total. The van der Waals surface area contributed by atoms with E-state index in [1.807, 2.05) is 0 Å². The van der Waals surface area contributed by atoms with E-state index >= 15 is 0 Å². The molecule has 6 heteroatoms. The molecule has 156 valence electrons. The van der Waals surface area contributed by atoms with Gasteiger partial charge in [0.15, 0.2) is 5.96 Å². The molecule has 1 heterocycles. The summed E-state index contributed by atoms with van der Waals surface area (Å²) in [5.74, 6) is 0.906. The molecule has 0 aliphatic carbocycles. The summed E-state index contributed by atoms with van der Waals surface area (Å²) in [4.78, 5) is 7.47. The molecule has 1 rings (SSSR count). The highest BCUT2D eigenvalue weighted by Crippen LogP contribution is 2.30. The molecule has 1 aliphatic rings. The maximum Gasteiger partial charge on any atom is 0.191 e. The van der Waals surface area contributed by atoms with Crippen LogP contribution < -0.4 is 10.6 Å². The van der Waals surface area contributed by atoms with E-state index in [4.69, 9.17) is 4.99 Å². The molecule has 26 heavy (non-hydrogen) atoms. The van der Waals surface area contributed by atoms with Gasteiger partial charge in [0, 0.05) is 38.3 Å². The van der Waals surface area contributed by atoms with Crippen molar-refractivity contribution >= 4 is 29.9 Å². The average molecular weight is 482 g/mol. The fourth-order valence-electron chi connectivity index (χ4n) is 3.87. The van der Waals surface area contributed by atoms with Crippen LogP contribution in [0.5, 0.6) is 0 Å². The topological polar surface area (TPSA) is 59.9 Å². The van der Waals surface area contributed by atoms with Crippen molar-refractivity contribution in [1.29, 1.82) is 0 Å². The molecule has 1 fully saturated rings. The van der Waals surface area contributed by atoms with Crippen molar-refractivity contribution in [3.8, 4) is 0 Å². The van der Waals surface area contributed by atoms with E-state index in [9.17, 15) is 5.11 Å². The first-order valence-electron chi connectivity index (χ1n) is 10.4. The molecule has 5 nitrogen and oxygen atoms in total. The summed E-state index contributed by atoms with van der Waals surface area (Å²) in [6.45, 7) is 15.2. The van der Waals surface area contributed by atoms with Gasteiger partial charge >= 0.3 is 0 Å². The molecule has 0 saturated carbocycles. The minimum atomic E-state index is 0. The lowest BCUT2D eigenvalue weighted by atomic mass is 9.79. The van der Waals surface area contributed by atoms with Crippen LogP contribution in [0.25, 0.3) is 0 Å². The Morgan fingerprint density at radius 2 is 1.92 bits per heavy atom. The lowest BCUT2D eigenvalue weighted by Gasteiger charge is -2.38. The van der Waals surface area contributed by atoms with Crippen molar-refractivity contribution in [2.24, 2.45) is 10.4 Å². The van der Waals surface area contributed by atoms with Gasteiger partial charge in [-0.15, -0.1) is 24.0 Å². The Kier molecular flexibility index (Phi) is 14.0. The summed E-state index contributed by atoms with van der Waals surface area (Å²) in [6, 6.07) is 1.20. The molecule has 0 aromatic heterocycles. The average Bonchev–Trinajstić information content (AvgIpc) is 2.63. The third kappa shape index (κ3) is 8.30. The predicted molar refractivity (Wildman–Crippen MR) is 124 cm³/mol. The van der Waals surface area contributed by atoms with Crippen molar-refractivity contribution in [2.75, 3.05) is 32.8 Å². The van der Waals surface area contributed by atoms with E-state index < -0.39 is 0 Å². The minimum absolute atomic E-state index is 0. The Bertz CT molecular complexity index is 388. The van der Waals surface area contributed by atoms with E-state index in [1.165, 1.54) is 25.8 Å². The van der Waals surface area contributed by atoms with Gasteiger partial charge in [0.25, 0.3) is 0 Å². The summed E-state index contributed by atoms with van der Waals surface area (Å²) < 4.78 is 0. The molecule has 2 atom stereocenters. The van der Waals surface area contributed by atoms with Crippen molar-refractivity contribution in [1.82, 2.24) is 15.5 Å². The summed E-state index contributed by atoms with van der Waals surface area (Å²) in [5.41, 5.74) is 0.115. The number of hydrogen-bond donors (Lipinski definition) is 3. The molecule has 0 aromatic rings. The van der Waals surface area contributed by atoms with Crippen LogP contribution >= 0.6 is 24.0 Å². The van der Waals surface area contributed by atoms with Gasteiger partial charge in [-0.2, -0.15) is 0 Å². The van der Waals surface area contributed by atoms with Crippen molar-refractivity contribution in [2.45, 2.75) is 85.2 Å². The molecule has 0 bridgehead atoms. The van der Waals surface area contributed by atoms with Crippen molar-refractivity contribution in [3.05, 3.63) is 0 Å². The smallest absolute Gasteiger partial charge is 0.191 e. The number of aliphatic hydroxyl groups is 1. The Morgan fingerprint density at radius 3 is 2.46 bits per heavy atom. The number of likely N-dealkylation sites (tertiary alicyclic amines) is 1. The molecule has 0 amide bonds. The number of nitrogens with zero attached hydrogens (tertiary/aromatic N) is 2. The van der Waals surface area contributed by atoms with Gasteiger partial charge in [-0.3, -0.25) is 9.89 Å². The maximum atomic E-state index is 9.39. The van der Waals surface area contributed by atoms with Gasteiger partial charge in [0.2, 0.25) is 0 Å². The molecule has 2 unspecified atom stereocenters. The molecule has 1 saturated heterocycles. The van der Waals surface area contributed by atoms with E-state index in [1.54, 1.807) is 0 Å². The highest BCUT2D eigenvalue weighted by Gasteiger charge is 2.26. The van der Waals surface area contributed by atoms with Crippen molar-refractivity contribution < 1.29 is 5.11 Å². The molecule has 0 aromatic carbocycles. The Balaban J connectivity index is 0.00000625. The summed E-state index contributed by atoms with van der Waals surface area (Å²) in [5, 5.41) is 16.3. The normalized spacial score (nSPS) is 20.4. The second-order valence-corrected chi connectivity index (χ2v) is 7.69. The van der Waals surface area contributed by atoms with Gasteiger partial charge in [-0.1, -0.05) is 20.3 Å². The number of halogens is 1. The summed E-state index contributed by atoms with van der Waals surface area (Å²) in [6.07, 6.45) is 6.92. The fourth-order valence-corrected chi connectivity index (χ4v) is 3.87. The molecular formula is C20H43IN4O. The number of rotatable bonds is 10. The number of guanidine groups is 1. The number of aliphatic hydroxyl groups excluding tert-OH is 1. The first kappa shape index (κ1) is 25.9. The quantitative estimate of drug-likeness (QED) is 0.253. The van der Waals surface area contributed by atoms with Crippen LogP contribution in [0.15, 0.2) is 4.99 Å². The monoisotopic (exact) mass is 482 g/mol. The second kappa shape index (κ2) is 14.0. The zero-order valence-electron chi connectivity index (χ0n) is 17.7. The van der Waals surface area contributed by atoms with E-state index in [-0.39, 0.29) is 36.0 Å². The number of nitrogens with one attached hydrogen (secondary N) is 2. The van der Waals surface area contributed by atoms with Crippen LogP contribution in [-0.2, 0) is 0 Å². The first-order chi connectivity index (χ1) is 12.0. The van der Waals surface area contributed by atoms with Gasteiger partial charge in [0.05, 0.1) is 0 Å². The molecule has 0 radical (unpaired) electrons. The summed E-state index contributed by atoms with van der Waals surface area (Å²) >= 11 is 0. The van der Waals surface area contributed by atoms with E-state index in [0.29, 0.717) is 12.1 Å². The minimum Gasteiger partial charge on any atom is -0.396 e. The highest BCUT2D eigenvalue weighted by molar-refractivity contribution is 14.0. The highest BCUT2D eigenvalue weighted by atomic mass is 127. The Labute approximate surface area is 178 Å². The number of piperidine rings is 1. The Morgan fingerprint density at radius 1 is 1.23 bits per heavy atom. The van der Waals surface area contributed by atoms with Crippen LogP contribution in [0, 0.1) is 5.41 Å². The van der Waals surface area contributed by atoms with Gasteiger partial charge in [-0.25, -0.2) is 0 Å². The van der Waals surface area contributed by atoms with Crippen LogP contribution in [0.3, 0.4) is 0 Å². The fraction of sp³-hybridized carbons (Fsp3) is 0.950. The molecule has 1 aliphatic heterocycles. The van der Waals surface area contributed by atoms with E-state index in [2.05, 4.69) is 50.2 Å². The number of aliphatic imine (C=N–C) groups is 1. The third-order valence-corrected chi connectivity index (χ3v) is 6.04. The van der Waals surface area contributed by atoms with Crippen LogP contribution in [-0.4, -0.2) is 60.8 Å². The lowest BCUT2D eigenvalue weighted by Crippen LogP contribution is -2.50. The predicted octanol–water partition coefficient (Wildman–Crippen LogP) is 3.61. The SMILES string of the molecule is CCNC(=NCC(CC)(CC)CCO)NCC(C)N1CCCCC1C.I. The third-order valence-electron chi connectivity index (χ3n) is 6.04. The van der Waals surface area contributed by atoms with Gasteiger partial charge < -0.3 is 15.7 Å². The largest absolute Gasteiger partial charge is 0.396 e. The first-order valence-corrected chi connectivity index (χ1v) is 10.4. The maximum absolute atomic E-state index is 9.39. The Hall–Kier alpha value is -0.0800. The van der Waals surface area contributed by atoms with Crippen LogP contribution in [0.4, 0.5) is 0 Å². The van der Waals surface area contributed by atoms with E-state index in [0.717, 1.165) is 44.9 Å². The van der Waals surface area contributed by atoms with Crippen LogP contribution in [0.2, 0.25) is 0 Å². The zero-order valence-corrected chi connectivity index (χ0v) is 20.0. The second-order valence-electron chi connectivity index (χ2n) is 7.69. The molecule has 0 spiro atoms. The standard InChI is InChI=1S/C20H42N4O.HI/c1-6-20(7-2,12-14-25)16-23-19(21-8-3)22-15-18(5)24-13-10-9-11-17(24)4;/h17-18,25H,6-16H2,1-5H3,(H2,21,22,23);1H. The molecular weight excluding hydrogens is 439 g/mol. The number of hydrogen-bond acceptors (Lipinski definition) is 3. The van der Waals surface area contributed by atoms with Gasteiger partial charge in [0.1, 0.15) is 0 Å². The lowest BCUT2D eigenvalue weighted by molar-refractivity contribution is 0.115. The van der Waals surface area contributed by atoms with Gasteiger partial charge in [-0.05, 0) is 64.8 Å². The van der Waals surface area contributed by atoms with Crippen molar-refractivity contribution in [3.63, 3.8) is 0 Å².